The lowest BCUT2D eigenvalue weighted by molar-refractivity contribution is 0.944. The summed E-state index contributed by atoms with van der Waals surface area (Å²) >= 11 is 0. The molecule has 0 amide bonds. The molecule has 1 heterocycles. The summed E-state index contributed by atoms with van der Waals surface area (Å²) in [5.74, 6) is 0. The van der Waals surface area contributed by atoms with Gasteiger partial charge in [0.25, 0.3) is 0 Å². The van der Waals surface area contributed by atoms with Crippen LogP contribution in [0.15, 0.2) is 59.6 Å². The first kappa shape index (κ1) is 7.39. The van der Waals surface area contributed by atoms with Crippen LogP contribution in [0.1, 0.15) is 19.4 Å². The van der Waals surface area contributed by atoms with Gasteiger partial charge in [0.05, 0.1) is 5.71 Å². The molecule has 1 heteroatoms. The molecule has 0 spiro atoms. The van der Waals surface area contributed by atoms with Crippen LogP contribution in [0.3, 0.4) is 0 Å². The van der Waals surface area contributed by atoms with E-state index in [-0.39, 0.29) is 6.54 Å². The van der Waals surface area contributed by atoms with Crippen molar-refractivity contribution in [2.24, 2.45) is 4.99 Å². The van der Waals surface area contributed by atoms with Gasteiger partial charge in [0, 0.05) is 20.4 Å². The Morgan fingerprint density at radius 1 is 0.938 bits per heavy atom. The van der Waals surface area contributed by atoms with Crippen LogP contribution in [-0.2, 0) is 6.37 Å². The van der Waals surface area contributed by atoms with Crippen molar-refractivity contribution in [3.05, 3.63) is 71.3 Å². The fourth-order valence-corrected chi connectivity index (χ4v) is 1.98. The van der Waals surface area contributed by atoms with Crippen molar-refractivity contribution < 1.29 is 2.74 Å². The lowest BCUT2D eigenvalue weighted by Gasteiger charge is -2.16. The average molecular weight is 209 g/mol. The predicted molar refractivity (Wildman–Crippen MR) is 67.1 cm³/mol. The molecule has 0 bridgehead atoms. The monoisotopic (exact) mass is 209 g/mol. The summed E-state index contributed by atoms with van der Waals surface area (Å²) < 4.78 is 16.0. The highest BCUT2D eigenvalue weighted by Crippen LogP contribution is 2.19. The second kappa shape index (κ2) is 3.93. The third-order valence-electron chi connectivity index (χ3n) is 2.74. The third kappa shape index (κ3) is 1.54. The van der Waals surface area contributed by atoms with Gasteiger partial charge in [-0.3, -0.25) is 4.99 Å². The Bertz CT molecular complexity index is 603. The van der Waals surface area contributed by atoms with E-state index in [1.54, 1.807) is 0 Å². The van der Waals surface area contributed by atoms with E-state index in [4.69, 9.17) is 2.74 Å². The molecule has 0 saturated heterocycles. The Balaban J connectivity index is 2.18. The van der Waals surface area contributed by atoms with Crippen molar-refractivity contribution in [3.63, 3.8) is 0 Å². The molecular weight excluding hydrogens is 194 g/mol. The minimum Gasteiger partial charge on any atom is -0.284 e. The molecule has 2 aromatic carbocycles. The number of benzene rings is 2. The van der Waals surface area contributed by atoms with Crippen molar-refractivity contribution in [1.29, 1.82) is 0 Å². The summed E-state index contributed by atoms with van der Waals surface area (Å²) in [4.78, 5) is 4.44. The molecule has 0 unspecified atom stereocenters. The van der Waals surface area contributed by atoms with E-state index in [1.165, 1.54) is 0 Å². The zero-order chi connectivity index (χ0) is 12.6. The van der Waals surface area contributed by atoms with Crippen LogP contribution < -0.4 is 0 Å². The Hall–Kier alpha value is -1.89. The molecule has 0 aromatic heterocycles. The van der Waals surface area contributed by atoms with Crippen molar-refractivity contribution in [2.45, 2.75) is 6.37 Å². The van der Waals surface area contributed by atoms with E-state index >= 15 is 0 Å². The summed E-state index contributed by atoms with van der Waals surface area (Å²) in [7, 11) is 0. The molecule has 3 rings (SSSR count). The van der Waals surface area contributed by atoms with Crippen LogP contribution in [0.4, 0.5) is 0 Å². The molecule has 0 N–H and O–H groups in total. The zero-order valence-corrected chi connectivity index (χ0v) is 8.85. The fraction of sp³-hybridized carbons (Fsp3) is 0.133. The van der Waals surface area contributed by atoms with Gasteiger partial charge in [0.15, 0.2) is 0 Å². The van der Waals surface area contributed by atoms with E-state index in [0.717, 1.165) is 22.4 Å². The lowest BCUT2D eigenvalue weighted by atomic mass is 9.93. The normalized spacial score (nSPS) is 19.1. The van der Waals surface area contributed by atoms with Crippen LogP contribution in [0.5, 0.6) is 0 Å². The summed E-state index contributed by atoms with van der Waals surface area (Å²) in [6.45, 7) is 0.189. The maximum atomic E-state index is 8.02. The largest absolute Gasteiger partial charge is 0.284 e. The summed E-state index contributed by atoms with van der Waals surface area (Å²) in [6, 6.07) is 17.5. The maximum absolute atomic E-state index is 8.02. The molecule has 0 fully saturated rings. The second-order valence-corrected chi connectivity index (χ2v) is 3.75. The highest BCUT2D eigenvalue weighted by molar-refractivity contribution is 6.14. The number of hydrogen-bond acceptors (Lipinski definition) is 1. The summed E-state index contributed by atoms with van der Waals surface area (Å²) in [6.07, 6.45) is -1.37. The molecule has 78 valence electrons. The number of hydrogen-bond donors (Lipinski definition) is 0. The molecule has 1 aliphatic heterocycles. The SMILES string of the molecule is [2H]C1([2H])CN=C(c2ccccc2)c2ccccc21. The minimum atomic E-state index is -1.37. The lowest BCUT2D eigenvalue weighted by Crippen LogP contribution is -2.13. The van der Waals surface area contributed by atoms with E-state index in [9.17, 15) is 0 Å². The van der Waals surface area contributed by atoms with Crippen LogP contribution in [0.25, 0.3) is 0 Å². The van der Waals surface area contributed by atoms with E-state index in [2.05, 4.69) is 4.99 Å². The fourth-order valence-electron chi connectivity index (χ4n) is 1.98. The van der Waals surface area contributed by atoms with E-state index < -0.39 is 6.37 Å². The summed E-state index contributed by atoms with van der Waals surface area (Å²) in [5, 5.41) is 0. The predicted octanol–water partition coefficient (Wildman–Crippen LogP) is 3.08. The Morgan fingerprint density at radius 2 is 1.69 bits per heavy atom. The molecule has 2 aromatic rings. The van der Waals surface area contributed by atoms with Gasteiger partial charge in [-0.05, 0) is 11.9 Å². The van der Waals surface area contributed by atoms with Gasteiger partial charge in [-0.1, -0.05) is 54.6 Å². The van der Waals surface area contributed by atoms with Gasteiger partial charge in [-0.25, -0.2) is 0 Å². The second-order valence-electron chi connectivity index (χ2n) is 3.75. The zero-order valence-electron chi connectivity index (χ0n) is 10.9. The Kier molecular flexibility index (Phi) is 1.82. The quantitative estimate of drug-likeness (QED) is 0.684. The van der Waals surface area contributed by atoms with Crippen LogP contribution in [0, 0.1) is 0 Å². The molecular formula is C15H13N. The standard InChI is InChI=1S/C15H13N/c1-2-7-13(8-3-1)15-14-9-5-4-6-12(14)10-11-16-15/h1-9H,10-11H2/i10D2. The highest BCUT2D eigenvalue weighted by Gasteiger charge is 2.14. The molecule has 0 radical (unpaired) electrons. The summed E-state index contributed by atoms with van der Waals surface area (Å²) in [5.41, 5.74) is 3.57. The van der Waals surface area contributed by atoms with E-state index in [0.29, 0.717) is 0 Å². The third-order valence-corrected chi connectivity index (χ3v) is 2.74. The number of fused-ring (bicyclic) bond motifs is 1. The molecule has 0 saturated carbocycles. The van der Waals surface area contributed by atoms with Gasteiger partial charge < -0.3 is 0 Å². The molecule has 0 aliphatic carbocycles. The average Bonchev–Trinajstić information content (AvgIpc) is 2.40. The van der Waals surface area contributed by atoms with Crippen molar-refractivity contribution in [3.8, 4) is 0 Å². The van der Waals surface area contributed by atoms with Crippen LogP contribution >= 0.6 is 0 Å². The smallest absolute Gasteiger partial charge is 0.0721 e. The van der Waals surface area contributed by atoms with Gasteiger partial charge in [0.1, 0.15) is 0 Å². The van der Waals surface area contributed by atoms with Gasteiger partial charge in [0.2, 0.25) is 0 Å². The maximum Gasteiger partial charge on any atom is 0.0721 e. The van der Waals surface area contributed by atoms with Crippen molar-refractivity contribution in [1.82, 2.24) is 0 Å². The Labute approximate surface area is 98.3 Å². The van der Waals surface area contributed by atoms with E-state index in [1.807, 2.05) is 54.6 Å². The first-order valence-electron chi connectivity index (χ1n) is 6.38. The van der Waals surface area contributed by atoms with Crippen molar-refractivity contribution >= 4 is 5.71 Å². The number of aliphatic imine (C=N–C) groups is 1. The first-order valence-corrected chi connectivity index (χ1v) is 5.38. The van der Waals surface area contributed by atoms with Crippen molar-refractivity contribution in [2.75, 3.05) is 6.54 Å². The molecule has 0 atom stereocenters. The molecule has 16 heavy (non-hydrogen) atoms. The van der Waals surface area contributed by atoms with Gasteiger partial charge in [-0.2, -0.15) is 0 Å². The first-order chi connectivity index (χ1) is 8.68. The Morgan fingerprint density at radius 3 is 2.56 bits per heavy atom. The van der Waals surface area contributed by atoms with Crippen LogP contribution in [0.2, 0.25) is 0 Å². The molecule has 1 aliphatic rings. The topological polar surface area (TPSA) is 12.4 Å². The van der Waals surface area contributed by atoms with Gasteiger partial charge in [-0.15, -0.1) is 0 Å². The van der Waals surface area contributed by atoms with Crippen LogP contribution in [-0.4, -0.2) is 12.3 Å². The number of nitrogens with zero attached hydrogens (tertiary/aromatic N) is 1. The highest BCUT2D eigenvalue weighted by atomic mass is 14.7. The number of rotatable bonds is 1. The minimum absolute atomic E-state index is 0.189. The van der Waals surface area contributed by atoms with Gasteiger partial charge >= 0.3 is 0 Å². The molecule has 1 nitrogen and oxygen atoms in total.